The van der Waals surface area contributed by atoms with E-state index >= 15 is 0 Å². The number of amides is 1. The molecule has 0 aliphatic carbocycles. The zero-order valence-electron chi connectivity index (χ0n) is 13.3. The van der Waals surface area contributed by atoms with Gasteiger partial charge in [-0.3, -0.25) is 9.69 Å². The number of nitrogens with one attached hydrogen (secondary N) is 1. The molecular formula is C16H22N4OS. The van der Waals surface area contributed by atoms with Crippen molar-refractivity contribution in [1.29, 1.82) is 0 Å². The van der Waals surface area contributed by atoms with Crippen LogP contribution in [0.5, 0.6) is 0 Å². The van der Waals surface area contributed by atoms with Gasteiger partial charge in [0.1, 0.15) is 4.88 Å². The fraction of sp³-hybridized carbons (Fsp3) is 0.438. The third-order valence-corrected chi connectivity index (χ3v) is 4.46. The third-order valence-electron chi connectivity index (χ3n) is 3.63. The van der Waals surface area contributed by atoms with E-state index in [1.54, 1.807) is 6.92 Å². The Balaban J connectivity index is 1.89. The highest BCUT2D eigenvalue weighted by atomic mass is 32.1. The molecule has 0 spiro atoms. The van der Waals surface area contributed by atoms with Crippen LogP contribution in [0.3, 0.4) is 0 Å². The number of aryl methyl sites for hydroxylation is 1. The lowest BCUT2D eigenvalue weighted by molar-refractivity contribution is 0.0954. The number of carbonyl (C=O) groups excluding carboxylic acids is 1. The van der Waals surface area contributed by atoms with Crippen LogP contribution in [0, 0.1) is 6.92 Å². The summed E-state index contributed by atoms with van der Waals surface area (Å²) in [5, 5.41) is 6.76. The van der Waals surface area contributed by atoms with E-state index in [1.165, 1.54) is 5.56 Å². The summed E-state index contributed by atoms with van der Waals surface area (Å²) in [6.45, 7) is 9.72. The van der Waals surface area contributed by atoms with Crippen molar-refractivity contribution in [2.24, 2.45) is 0 Å². The highest BCUT2D eigenvalue weighted by molar-refractivity contribution is 7.07. The fourth-order valence-electron chi connectivity index (χ4n) is 2.17. The molecule has 1 heterocycles. The summed E-state index contributed by atoms with van der Waals surface area (Å²) in [6.07, 6.45) is 0. The van der Waals surface area contributed by atoms with Gasteiger partial charge in [0.05, 0.1) is 5.69 Å². The van der Waals surface area contributed by atoms with Crippen LogP contribution in [0.4, 0.5) is 0 Å². The van der Waals surface area contributed by atoms with E-state index < -0.39 is 0 Å². The van der Waals surface area contributed by atoms with E-state index in [1.807, 2.05) is 0 Å². The summed E-state index contributed by atoms with van der Waals surface area (Å²) >= 11 is 1.13. The van der Waals surface area contributed by atoms with Gasteiger partial charge in [0.15, 0.2) is 0 Å². The minimum absolute atomic E-state index is 0.111. The van der Waals surface area contributed by atoms with Crippen LogP contribution in [-0.2, 0) is 13.1 Å². The summed E-state index contributed by atoms with van der Waals surface area (Å²) in [5.41, 5.74) is 3.06. The molecule has 0 atom stereocenters. The lowest BCUT2D eigenvalue weighted by Gasteiger charge is -2.18. The third kappa shape index (κ3) is 4.35. The van der Waals surface area contributed by atoms with Crippen LogP contribution in [-0.4, -0.2) is 33.5 Å². The average Bonchev–Trinajstić information content (AvgIpc) is 2.97. The maximum atomic E-state index is 12.0. The molecule has 2 rings (SSSR count). The van der Waals surface area contributed by atoms with Crippen molar-refractivity contribution in [3.8, 4) is 0 Å². The molecule has 5 nitrogen and oxygen atoms in total. The van der Waals surface area contributed by atoms with E-state index in [0.29, 0.717) is 17.1 Å². The van der Waals surface area contributed by atoms with Crippen molar-refractivity contribution < 1.29 is 4.79 Å². The molecule has 0 unspecified atom stereocenters. The first-order chi connectivity index (χ1) is 10.6. The molecular weight excluding hydrogens is 296 g/mol. The van der Waals surface area contributed by atoms with Crippen LogP contribution in [0.15, 0.2) is 24.3 Å². The quantitative estimate of drug-likeness (QED) is 0.852. The second-order valence-electron chi connectivity index (χ2n) is 5.15. The summed E-state index contributed by atoms with van der Waals surface area (Å²) in [7, 11) is 0. The van der Waals surface area contributed by atoms with Gasteiger partial charge >= 0.3 is 0 Å². The second kappa shape index (κ2) is 8.00. The Hall–Kier alpha value is -1.79. The molecule has 1 aromatic carbocycles. The Morgan fingerprint density at radius 3 is 2.36 bits per heavy atom. The summed E-state index contributed by atoms with van der Waals surface area (Å²) in [4.78, 5) is 15.0. The van der Waals surface area contributed by atoms with Crippen molar-refractivity contribution in [3.05, 3.63) is 46.0 Å². The minimum Gasteiger partial charge on any atom is -0.347 e. The van der Waals surface area contributed by atoms with Gasteiger partial charge in [-0.1, -0.05) is 42.6 Å². The summed E-state index contributed by atoms with van der Waals surface area (Å²) in [6, 6.07) is 8.38. The number of benzene rings is 1. The summed E-state index contributed by atoms with van der Waals surface area (Å²) < 4.78 is 3.78. The second-order valence-corrected chi connectivity index (χ2v) is 5.90. The molecule has 118 valence electrons. The summed E-state index contributed by atoms with van der Waals surface area (Å²) in [5.74, 6) is -0.111. The standard InChI is InChI=1S/C16H22N4OS/c1-4-20(5-2)11-14-8-6-13(7-9-14)10-17-16(21)15-12(3)18-19-22-15/h6-9H,4-5,10-11H2,1-3H3,(H,17,21). The lowest BCUT2D eigenvalue weighted by Crippen LogP contribution is -2.23. The SMILES string of the molecule is CCN(CC)Cc1ccc(CNC(=O)c2snnc2C)cc1. The van der Waals surface area contributed by atoms with Crippen molar-refractivity contribution in [2.75, 3.05) is 13.1 Å². The molecule has 0 fully saturated rings. The topological polar surface area (TPSA) is 58.1 Å². The Labute approximate surface area is 135 Å². The molecule has 1 N–H and O–H groups in total. The minimum atomic E-state index is -0.111. The van der Waals surface area contributed by atoms with Gasteiger partial charge in [-0.25, -0.2) is 0 Å². The maximum absolute atomic E-state index is 12.0. The Morgan fingerprint density at radius 1 is 1.18 bits per heavy atom. The van der Waals surface area contributed by atoms with Gasteiger partial charge in [0.25, 0.3) is 5.91 Å². The van der Waals surface area contributed by atoms with Gasteiger partial charge in [-0.05, 0) is 42.7 Å². The largest absolute Gasteiger partial charge is 0.347 e. The molecule has 0 aliphatic heterocycles. The molecule has 1 aromatic heterocycles. The molecule has 22 heavy (non-hydrogen) atoms. The number of carbonyl (C=O) groups is 1. The van der Waals surface area contributed by atoms with Crippen LogP contribution >= 0.6 is 11.5 Å². The highest BCUT2D eigenvalue weighted by Crippen LogP contribution is 2.10. The van der Waals surface area contributed by atoms with Crippen LogP contribution in [0.25, 0.3) is 0 Å². The fourth-order valence-corrected chi connectivity index (χ4v) is 2.74. The molecule has 1 amide bonds. The Kier molecular flexibility index (Phi) is 6.03. The predicted octanol–water partition coefficient (Wildman–Crippen LogP) is 2.62. The first kappa shape index (κ1) is 16.6. The molecule has 0 bridgehead atoms. The van der Waals surface area contributed by atoms with Crippen LogP contribution in [0.1, 0.15) is 40.3 Å². The number of rotatable bonds is 7. The molecule has 0 radical (unpaired) electrons. The first-order valence-corrected chi connectivity index (χ1v) is 8.28. The smallest absolute Gasteiger partial charge is 0.265 e. The van der Waals surface area contributed by atoms with Gasteiger partial charge in [-0.15, -0.1) is 5.10 Å². The molecule has 0 saturated heterocycles. The zero-order chi connectivity index (χ0) is 15.9. The van der Waals surface area contributed by atoms with E-state index in [4.69, 9.17) is 0 Å². The number of hydrogen-bond donors (Lipinski definition) is 1. The van der Waals surface area contributed by atoms with E-state index in [2.05, 4.69) is 57.9 Å². The highest BCUT2D eigenvalue weighted by Gasteiger charge is 2.12. The normalized spacial score (nSPS) is 10.9. The maximum Gasteiger partial charge on any atom is 0.265 e. The van der Waals surface area contributed by atoms with E-state index in [9.17, 15) is 4.79 Å². The molecule has 0 aliphatic rings. The van der Waals surface area contributed by atoms with Gasteiger partial charge < -0.3 is 5.32 Å². The van der Waals surface area contributed by atoms with Gasteiger partial charge in [0, 0.05) is 13.1 Å². The molecule has 0 saturated carbocycles. The zero-order valence-corrected chi connectivity index (χ0v) is 14.1. The number of aromatic nitrogens is 2. The number of nitrogens with zero attached hydrogens (tertiary/aromatic N) is 3. The monoisotopic (exact) mass is 318 g/mol. The van der Waals surface area contributed by atoms with Crippen molar-refractivity contribution in [3.63, 3.8) is 0 Å². The van der Waals surface area contributed by atoms with Crippen LogP contribution in [0.2, 0.25) is 0 Å². The Morgan fingerprint density at radius 2 is 1.82 bits per heavy atom. The first-order valence-electron chi connectivity index (χ1n) is 7.51. The van der Waals surface area contributed by atoms with Gasteiger partial charge in [0.2, 0.25) is 0 Å². The van der Waals surface area contributed by atoms with E-state index in [-0.39, 0.29) is 5.91 Å². The number of hydrogen-bond acceptors (Lipinski definition) is 5. The van der Waals surface area contributed by atoms with Crippen molar-refractivity contribution in [2.45, 2.75) is 33.9 Å². The molecule has 2 aromatic rings. The average molecular weight is 318 g/mol. The van der Waals surface area contributed by atoms with Gasteiger partial charge in [-0.2, -0.15) is 0 Å². The Bertz CT molecular complexity index is 605. The lowest BCUT2D eigenvalue weighted by atomic mass is 10.1. The van der Waals surface area contributed by atoms with E-state index in [0.717, 1.165) is 36.7 Å². The van der Waals surface area contributed by atoms with Crippen LogP contribution < -0.4 is 5.32 Å². The van der Waals surface area contributed by atoms with Crippen molar-refractivity contribution in [1.82, 2.24) is 19.8 Å². The van der Waals surface area contributed by atoms with Crippen molar-refractivity contribution >= 4 is 17.4 Å². The predicted molar refractivity (Wildman–Crippen MR) is 88.9 cm³/mol. The molecule has 6 heteroatoms.